The van der Waals surface area contributed by atoms with Crippen LogP contribution in [0.25, 0.3) is 0 Å². The van der Waals surface area contributed by atoms with E-state index in [0.717, 1.165) is 39.0 Å². The number of ether oxygens (including phenoxy) is 1. The van der Waals surface area contributed by atoms with Crippen molar-refractivity contribution in [3.63, 3.8) is 0 Å². The second kappa shape index (κ2) is 3.74. The molecule has 2 atom stereocenters. The van der Waals surface area contributed by atoms with Gasteiger partial charge in [0.25, 0.3) is 5.91 Å². The van der Waals surface area contributed by atoms with Gasteiger partial charge in [-0.25, -0.2) is 0 Å². The van der Waals surface area contributed by atoms with E-state index in [2.05, 4.69) is 19.6 Å². The maximum absolute atomic E-state index is 11.9. The number of thiol groups is 1. The normalized spacial score (nSPS) is 37.9. The molecule has 0 aromatic rings. The first kappa shape index (κ1) is 10.3. The Kier molecular flexibility index (Phi) is 2.75. The van der Waals surface area contributed by atoms with Crippen LogP contribution in [0.4, 0.5) is 0 Å². The zero-order valence-corrected chi connectivity index (χ0v) is 9.43. The number of nitrogens with zero attached hydrogens (tertiary/aromatic N) is 1. The summed E-state index contributed by atoms with van der Waals surface area (Å²) in [5.74, 6) is 0.167. The van der Waals surface area contributed by atoms with Crippen LogP contribution in [0.5, 0.6) is 0 Å². The van der Waals surface area contributed by atoms with Gasteiger partial charge in [-0.3, -0.25) is 4.79 Å². The summed E-state index contributed by atoms with van der Waals surface area (Å²) in [7, 11) is 0. The smallest absolute Gasteiger partial charge is 0.251 e. The van der Waals surface area contributed by atoms with Gasteiger partial charge in [-0.1, -0.05) is 0 Å². The van der Waals surface area contributed by atoms with E-state index in [1.807, 2.05) is 4.90 Å². The Morgan fingerprint density at radius 2 is 2.43 bits per heavy atom. The molecular formula is C10H17NO2S. The van der Waals surface area contributed by atoms with Gasteiger partial charge in [0.05, 0.1) is 0 Å². The molecular weight excluding hydrogens is 198 g/mol. The number of amides is 1. The van der Waals surface area contributed by atoms with Crippen LogP contribution in [0, 0.1) is 0 Å². The summed E-state index contributed by atoms with van der Waals surface area (Å²) in [4.78, 5) is 13.8. The second-order valence-electron chi connectivity index (χ2n) is 4.51. The van der Waals surface area contributed by atoms with Gasteiger partial charge >= 0.3 is 0 Å². The van der Waals surface area contributed by atoms with Crippen LogP contribution in [-0.4, -0.2) is 41.4 Å². The molecule has 0 aromatic heterocycles. The summed E-state index contributed by atoms with van der Waals surface area (Å²) in [6.07, 6.45) is 2.72. The largest absolute Gasteiger partial charge is 0.368 e. The highest BCUT2D eigenvalue weighted by molar-refractivity contribution is 7.81. The molecule has 2 unspecified atom stereocenters. The van der Waals surface area contributed by atoms with Crippen LogP contribution >= 0.6 is 12.6 Å². The van der Waals surface area contributed by atoms with Crippen molar-refractivity contribution in [3.05, 3.63) is 0 Å². The predicted octanol–water partition coefficient (Wildman–Crippen LogP) is 1.09. The first-order valence-corrected chi connectivity index (χ1v) is 5.66. The Balaban J connectivity index is 1.92. The van der Waals surface area contributed by atoms with E-state index in [1.165, 1.54) is 0 Å². The molecule has 14 heavy (non-hydrogen) atoms. The molecule has 0 aliphatic carbocycles. The van der Waals surface area contributed by atoms with E-state index >= 15 is 0 Å². The van der Waals surface area contributed by atoms with Crippen molar-refractivity contribution in [3.8, 4) is 0 Å². The molecule has 2 saturated heterocycles. The van der Waals surface area contributed by atoms with Crippen molar-refractivity contribution >= 4 is 18.5 Å². The van der Waals surface area contributed by atoms with Crippen molar-refractivity contribution < 1.29 is 9.53 Å². The van der Waals surface area contributed by atoms with Crippen molar-refractivity contribution in [2.45, 2.75) is 37.0 Å². The van der Waals surface area contributed by atoms with Gasteiger partial charge < -0.3 is 9.64 Å². The molecule has 0 N–H and O–H groups in total. The van der Waals surface area contributed by atoms with Crippen LogP contribution in [0.3, 0.4) is 0 Å². The fourth-order valence-corrected chi connectivity index (χ4v) is 2.38. The molecule has 2 aliphatic rings. The SMILES string of the molecule is CC1(S)CCN(C(=O)C2CCCO2)C1. The molecule has 2 aliphatic heterocycles. The van der Waals surface area contributed by atoms with Gasteiger partial charge in [-0.05, 0) is 26.2 Å². The maximum atomic E-state index is 11.9. The molecule has 0 bridgehead atoms. The van der Waals surface area contributed by atoms with Crippen LogP contribution in [-0.2, 0) is 9.53 Å². The minimum atomic E-state index is -0.169. The highest BCUT2D eigenvalue weighted by Crippen LogP contribution is 2.28. The lowest BCUT2D eigenvalue weighted by Crippen LogP contribution is -2.38. The van der Waals surface area contributed by atoms with Crippen molar-refractivity contribution in [1.29, 1.82) is 0 Å². The topological polar surface area (TPSA) is 29.5 Å². The molecule has 2 rings (SSSR count). The molecule has 0 radical (unpaired) electrons. The van der Waals surface area contributed by atoms with Gasteiger partial charge in [0.1, 0.15) is 6.10 Å². The predicted molar refractivity (Wildman–Crippen MR) is 57.6 cm³/mol. The molecule has 0 saturated carbocycles. The average molecular weight is 215 g/mol. The second-order valence-corrected chi connectivity index (χ2v) is 5.59. The van der Waals surface area contributed by atoms with E-state index < -0.39 is 0 Å². The highest BCUT2D eigenvalue weighted by Gasteiger charge is 2.36. The summed E-state index contributed by atoms with van der Waals surface area (Å²) >= 11 is 4.51. The van der Waals surface area contributed by atoms with Gasteiger partial charge in [0, 0.05) is 24.4 Å². The van der Waals surface area contributed by atoms with E-state index in [9.17, 15) is 4.79 Å². The third-order valence-electron chi connectivity index (χ3n) is 2.97. The Hall–Kier alpha value is -0.220. The molecule has 80 valence electrons. The number of likely N-dealkylation sites (tertiary alicyclic amines) is 1. The molecule has 0 aromatic carbocycles. The fourth-order valence-electron chi connectivity index (χ4n) is 2.11. The highest BCUT2D eigenvalue weighted by atomic mass is 32.1. The zero-order valence-electron chi connectivity index (χ0n) is 8.53. The minimum absolute atomic E-state index is 0.00569. The first-order valence-electron chi connectivity index (χ1n) is 5.21. The molecule has 2 fully saturated rings. The lowest BCUT2D eigenvalue weighted by atomic mass is 10.1. The number of hydrogen-bond acceptors (Lipinski definition) is 3. The number of carbonyl (C=O) groups excluding carboxylic acids is 1. The first-order chi connectivity index (χ1) is 6.58. The quantitative estimate of drug-likeness (QED) is 0.663. The third kappa shape index (κ3) is 2.06. The molecule has 0 spiro atoms. The molecule has 3 nitrogen and oxygen atoms in total. The fraction of sp³-hybridized carbons (Fsp3) is 0.900. The van der Waals surface area contributed by atoms with E-state index in [-0.39, 0.29) is 16.8 Å². The Morgan fingerprint density at radius 1 is 1.64 bits per heavy atom. The van der Waals surface area contributed by atoms with Crippen molar-refractivity contribution in [2.75, 3.05) is 19.7 Å². The average Bonchev–Trinajstić information content (AvgIpc) is 2.72. The molecule has 2 heterocycles. The van der Waals surface area contributed by atoms with Crippen LogP contribution in [0.2, 0.25) is 0 Å². The maximum Gasteiger partial charge on any atom is 0.251 e. The van der Waals surface area contributed by atoms with Crippen molar-refractivity contribution in [1.82, 2.24) is 4.90 Å². The zero-order chi connectivity index (χ0) is 10.2. The Labute approximate surface area is 90.2 Å². The van der Waals surface area contributed by atoms with Gasteiger partial charge in [-0.15, -0.1) is 0 Å². The van der Waals surface area contributed by atoms with Crippen molar-refractivity contribution in [2.24, 2.45) is 0 Å². The Morgan fingerprint density at radius 3 is 2.93 bits per heavy atom. The summed E-state index contributed by atoms with van der Waals surface area (Å²) in [6, 6.07) is 0. The number of hydrogen-bond donors (Lipinski definition) is 1. The molecule has 4 heteroatoms. The lowest BCUT2D eigenvalue weighted by Gasteiger charge is -2.21. The van der Waals surface area contributed by atoms with Gasteiger partial charge in [0.2, 0.25) is 0 Å². The summed E-state index contributed by atoms with van der Waals surface area (Å²) in [5.41, 5.74) is 0. The van der Waals surface area contributed by atoms with E-state index in [4.69, 9.17) is 4.74 Å². The van der Waals surface area contributed by atoms with Gasteiger partial charge in [0.15, 0.2) is 0 Å². The number of carbonyl (C=O) groups is 1. The van der Waals surface area contributed by atoms with Crippen LogP contribution < -0.4 is 0 Å². The Bertz CT molecular complexity index is 236. The third-order valence-corrected chi connectivity index (χ3v) is 3.33. The summed E-state index contributed by atoms with van der Waals surface area (Å²) in [5, 5.41) is 0. The summed E-state index contributed by atoms with van der Waals surface area (Å²) in [6.45, 7) is 4.41. The number of rotatable bonds is 1. The standard InChI is InChI=1S/C10H17NO2S/c1-10(14)4-5-11(7-10)9(12)8-3-2-6-13-8/h8,14H,2-7H2,1H3. The van der Waals surface area contributed by atoms with Gasteiger partial charge in [-0.2, -0.15) is 12.6 Å². The van der Waals surface area contributed by atoms with E-state index in [1.54, 1.807) is 0 Å². The minimum Gasteiger partial charge on any atom is -0.368 e. The van der Waals surface area contributed by atoms with Crippen LogP contribution in [0.1, 0.15) is 26.2 Å². The van der Waals surface area contributed by atoms with E-state index in [0.29, 0.717) is 0 Å². The monoisotopic (exact) mass is 215 g/mol. The lowest BCUT2D eigenvalue weighted by molar-refractivity contribution is -0.139. The summed E-state index contributed by atoms with van der Waals surface area (Å²) < 4.78 is 5.37. The van der Waals surface area contributed by atoms with Crippen LogP contribution in [0.15, 0.2) is 0 Å². The molecule has 1 amide bonds.